The first-order chi connectivity index (χ1) is 9.98. The van der Waals surface area contributed by atoms with Crippen molar-refractivity contribution in [3.8, 4) is 0 Å². The van der Waals surface area contributed by atoms with Crippen LogP contribution in [0.15, 0.2) is 22.8 Å². The maximum atomic E-state index is 12.2. The van der Waals surface area contributed by atoms with E-state index in [1.165, 1.54) is 0 Å². The monoisotopic (exact) mass is 294 g/mol. The number of hydrogen-bond acceptors (Lipinski definition) is 4. The molecule has 0 aromatic carbocycles. The summed E-state index contributed by atoms with van der Waals surface area (Å²) in [6, 6.07) is 3.23. The SMILES string of the molecule is CCC1(C(=O)O)CCN(C(C)C(=O)NCc2ccco2)C1. The van der Waals surface area contributed by atoms with Gasteiger partial charge in [0.1, 0.15) is 5.76 Å². The van der Waals surface area contributed by atoms with E-state index in [1.807, 2.05) is 18.7 Å². The summed E-state index contributed by atoms with van der Waals surface area (Å²) in [5.74, 6) is -0.176. The lowest BCUT2D eigenvalue weighted by Crippen LogP contribution is -2.45. The van der Waals surface area contributed by atoms with Crippen LogP contribution in [0.2, 0.25) is 0 Å². The quantitative estimate of drug-likeness (QED) is 0.830. The lowest BCUT2D eigenvalue weighted by Gasteiger charge is -2.26. The third kappa shape index (κ3) is 3.26. The number of rotatable bonds is 6. The summed E-state index contributed by atoms with van der Waals surface area (Å²) < 4.78 is 5.17. The average Bonchev–Trinajstić information content (AvgIpc) is 3.13. The molecule has 6 nitrogen and oxygen atoms in total. The lowest BCUT2D eigenvalue weighted by atomic mass is 9.84. The number of carboxylic acid groups (broad SMARTS) is 1. The molecule has 1 aliphatic rings. The van der Waals surface area contributed by atoms with Crippen LogP contribution in [0.25, 0.3) is 0 Å². The van der Waals surface area contributed by atoms with E-state index in [0.29, 0.717) is 38.2 Å². The van der Waals surface area contributed by atoms with Crippen LogP contribution in [0, 0.1) is 5.41 Å². The zero-order chi connectivity index (χ0) is 15.5. The number of carbonyl (C=O) groups is 2. The molecule has 1 aromatic heterocycles. The second-order valence-electron chi connectivity index (χ2n) is 5.63. The Kier molecular flexibility index (Phi) is 4.67. The second kappa shape index (κ2) is 6.30. The molecule has 2 unspecified atom stereocenters. The summed E-state index contributed by atoms with van der Waals surface area (Å²) in [7, 11) is 0. The van der Waals surface area contributed by atoms with Gasteiger partial charge >= 0.3 is 5.97 Å². The van der Waals surface area contributed by atoms with Crippen LogP contribution in [0.4, 0.5) is 0 Å². The van der Waals surface area contributed by atoms with Crippen LogP contribution in [-0.4, -0.2) is 41.0 Å². The number of likely N-dealkylation sites (tertiary alicyclic amines) is 1. The van der Waals surface area contributed by atoms with Crippen molar-refractivity contribution in [2.75, 3.05) is 13.1 Å². The molecule has 2 N–H and O–H groups in total. The van der Waals surface area contributed by atoms with Crippen molar-refractivity contribution in [1.29, 1.82) is 0 Å². The Morgan fingerprint density at radius 2 is 2.33 bits per heavy atom. The number of hydrogen-bond donors (Lipinski definition) is 2. The smallest absolute Gasteiger partial charge is 0.310 e. The van der Waals surface area contributed by atoms with Crippen LogP contribution in [0.5, 0.6) is 0 Å². The Balaban J connectivity index is 1.90. The number of nitrogens with zero attached hydrogens (tertiary/aromatic N) is 1. The fourth-order valence-electron chi connectivity index (χ4n) is 2.75. The van der Waals surface area contributed by atoms with Gasteiger partial charge < -0.3 is 14.8 Å². The summed E-state index contributed by atoms with van der Waals surface area (Å²) in [5.41, 5.74) is -0.713. The minimum absolute atomic E-state index is 0.108. The van der Waals surface area contributed by atoms with Gasteiger partial charge in [0.25, 0.3) is 0 Å². The van der Waals surface area contributed by atoms with Crippen molar-refractivity contribution in [3.05, 3.63) is 24.2 Å². The highest BCUT2D eigenvalue weighted by Gasteiger charge is 2.45. The van der Waals surface area contributed by atoms with Crippen LogP contribution in [0.3, 0.4) is 0 Å². The Morgan fingerprint density at radius 3 is 2.86 bits per heavy atom. The Hall–Kier alpha value is -1.82. The molecule has 1 amide bonds. The summed E-state index contributed by atoms with van der Waals surface area (Å²) in [6.45, 7) is 5.11. The molecule has 1 aliphatic heterocycles. The molecule has 2 atom stereocenters. The van der Waals surface area contributed by atoms with Crippen molar-refractivity contribution in [1.82, 2.24) is 10.2 Å². The highest BCUT2D eigenvalue weighted by atomic mass is 16.4. The molecule has 2 heterocycles. The van der Waals surface area contributed by atoms with Crippen LogP contribution >= 0.6 is 0 Å². The third-order valence-electron chi connectivity index (χ3n) is 4.46. The molecular formula is C15H22N2O4. The van der Waals surface area contributed by atoms with E-state index in [9.17, 15) is 14.7 Å². The van der Waals surface area contributed by atoms with Gasteiger partial charge in [-0.05, 0) is 31.9 Å². The number of aliphatic carboxylic acids is 1. The molecule has 1 aromatic rings. The van der Waals surface area contributed by atoms with Gasteiger partial charge in [0.05, 0.1) is 24.3 Å². The van der Waals surface area contributed by atoms with Crippen molar-refractivity contribution >= 4 is 11.9 Å². The molecule has 0 saturated carbocycles. The van der Waals surface area contributed by atoms with Gasteiger partial charge in [-0.15, -0.1) is 0 Å². The molecule has 0 bridgehead atoms. The lowest BCUT2D eigenvalue weighted by molar-refractivity contribution is -0.148. The maximum Gasteiger partial charge on any atom is 0.310 e. The van der Waals surface area contributed by atoms with E-state index in [4.69, 9.17) is 4.42 Å². The van der Waals surface area contributed by atoms with Crippen LogP contribution < -0.4 is 5.32 Å². The van der Waals surface area contributed by atoms with Gasteiger partial charge in [-0.2, -0.15) is 0 Å². The number of carbonyl (C=O) groups excluding carboxylic acids is 1. The molecule has 0 radical (unpaired) electrons. The van der Waals surface area contributed by atoms with Gasteiger partial charge in [0.2, 0.25) is 5.91 Å². The molecule has 21 heavy (non-hydrogen) atoms. The van der Waals surface area contributed by atoms with E-state index in [-0.39, 0.29) is 11.9 Å². The number of furan rings is 1. The molecule has 6 heteroatoms. The number of nitrogens with one attached hydrogen (secondary N) is 1. The molecule has 2 rings (SSSR count). The standard InChI is InChI=1S/C15H22N2O4/c1-3-15(14(19)20)6-7-17(10-15)11(2)13(18)16-9-12-5-4-8-21-12/h4-5,8,11H,3,6-7,9-10H2,1-2H3,(H,16,18)(H,19,20). The molecule has 116 valence electrons. The summed E-state index contributed by atoms with van der Waals surface area (Å²) in [5, 5.41) is 12.2. The topological polar surface area (TPSA) is 82.8 Å². The highest BCUT2D eigenvalue weighted by Crippen LogP contribution is 2.35. The normalized spacial score (nSPS) is 23.9. The Morgan fingerprint density at radius 1 is 1.57 bits per heavy atom. The number of amides is 1. The number of carboxylic acids is 1. The van der Waals surface area contributed by atoms with Crippen molar-refractivity contribution in [2.24, 2.45) is 5.41 Å². The molecule has 1 saturated heterocycles. The fraction of sp³-hybridized carbons (Fsp3) is 0.600. The van der Waals surface area contributed by atoms with Crippen LogP contribution in [0.1, 0.15) is 32.4 Å². The Labute approximate surface area is 124 Å². The van der Waals surface area contributed by atoms with Gasteiger partial charge in [0.15, 0.2) is 0 Å². The van der Waals surface area contributed by atoms with E-state index in [0.717, 1.165) is 0 Å². The first kappa shape index (κ1) is 15.6. The first-order valence-corrected chi connectivity index (χ1v) is 7.26. The van der Waals surface area contributed by atoms with Crippen molar-refractivity contribution in [2.45, 2.75) is 39.3 Å². The van der Waals surface area contributed by atoms with Gasteiger partial charge in [0, 0.05) is 13.1 Å². The predicted octanol–water partition coefficient (Wildman–Crippen LogP) is 1.47. The summed E-state index contributed by atoms with van der Waals surface area (Å²) in [6.07, 6.45) is 2.74. The molecule has 1 fully saturated rings. The van der Waals surface area contributed by atoms with Gasteiger partial charge in [-0.1, -0.05) is 6.92 Å². The minimum atomic E-state index is -0.768. The highest BCUT2D eigenvalue weighted by molar-refractivity contribution is 5.81. The second-order valence-corrected chi connectivity index (χ2v) is 5.63. The predicted molar refractivity (Wildman–Crippen MR) is 76.6 cm³/mol. The van der Waals surface area contributed by atoms with E-state index in [1.54, 1.807) is 18.4 Å². The van der Waals surface area contributed by atoms with Crippen molar-refractivity contribution < 1.29 is 19.1 Å². The van der Waals surface area contributed by atoms with E-state index in [2.05, 4.69) is 5.32 Å². The van der Waals surface area contributed by atoms with Gasteiger partial charge in [-0.3, -0.25) is 14.5 Å². The third-order valence-corrected chi connectivity index (χ3v) is 4.46. The zero-order valence-electron chi connectivity index (χ0n) is 12.5. The van der Waals surface area contributed by atoms with Crippen LogP contribution in [-0.2, 0) is 16.1 Å². The Bertz CT molecular complexity index is 500. The summed E-state index contributed by atoms with van der Waals surface area (Å²) in [4.78, 5) is 25.5. The molecular weight excluding hydrogens is 272 g/mol. The maximum absolute atomic E-state index is 12.2. The summed E-state index contributed by atoms with van der Waals surface area (Å²) >= 11 is 0. The minimum Gasteiger partial charge on any atom is -0.481 e. The fourth-order valence-corrected chi connectivity index (χ4v) is 2.75. The largest absolute Gasteiger partial charge is 0.481 e. The van der Waals surface area contributed by atoms with E-state index < -0.39 is 11.4 Å². The van der Waals surface area contributed by atoms with E-state index >= 15 is 0 Å². The first-order valence-electron chi connectivity index (χ1n) is 7.26. The van der Waals surface area contributed by atoms with Crippen molar-refractivity contribution in [3.63, 3.8) is 0 Å². The molecule has 0 spiro atoms. The van der Waals surface area contributed by atoms with Gasteiger partial charge in [-0.25, -0.2) is 0 Å². The average molecular weight is 294 g/mol. The molecule has 0 aliphatic carbocycles. The zero-order valence-corrected chi connectivity index (χ0v) is 12.5.